The predicted octanol–water partition coefficient (Wildman–Crippen LogP) is 1.14. The van der Waals surface area contributed by atoms with Gasteiger partial charge in [-0.05, 0) is 31.7 Å². The van der Waals surface area contributed by atoms with E-state index >= 15 is 0 Å². The Morgan fingerprint density at radius 2 is 2.10 bits per heavy atom. The van der Waals surface area contributed by atoms with Crippen LogP contribution in [0.2, 0.25) is 0 Å². The third-order valence-electron chi connectivity index (χ3n) is 3.76. The molecule has 1 rings (SSSR count). The molecule has 1 fully saturated rings. The highest BCUT2D eigenvalue weighted by Gasteiger charge is 2.41. The van der Waals surface area contributed by atoms with Crippen LogP contribution in [0.4, 0.5) is 0 Å². The fraction of sp³-hybridized carbons (Fsp3) is 0.867. The Kier molecular flexibility index (Phi) is 6.46. The Morgan fingerprint density at radius 3 is 2.60 bits per heavy atom. The maximum atomic E-state index is 12.6. The van der Waals surface area contributed by atoms with Gasteiger partial charge in [0, 0.05) is 13.6 Å². The molecular weight excluding hydrogens is 254 g/mol. The minimum absolute atomic E-state index is 0.0524. The molecule has 0 aromatic rings. The van der Waals surface area contributed by atoms with E-state index in [1.807, 2.05) is 13.8 Å². The number of amides is 2. The van der Waals surface area contributed by atoms with Crippen LogP contribution >= 0.6 is 0 Å². The number of nitrogens with one attached hydrogen (secondary N) is 2. The number of carbonyl (C=O) groups is 2. The van der Waals surface area contributed by atoms with E-state index in [2.05, 4.69) is 17.6 Å². The Labute approximate surface area is 122 Å². The average molecular weight is 283 g/mol. The first-order chi connectivity index (χ1) is 9.41. The Hall–Kier alpha value is -1.10. The lowest BCUT2D eigenvalue weighted by Gasteiger charge is -2.32. The molecule has 0 spiro atoms. The van der Waals surface area contributed by atoms with Gasteiger partial charge < -0.3 is 15.5 Å². The number of nitrogens with zero attached hydrogens (tertiary/aromatic N) is 1. The molecule has 1 atom stereocenters. The van der Waals surface area contributed by atoms with Gasteiger partial charge in [0.2, 0.25) is 11.8 Å². The molecule has 5 nitrogen and oxygen atoms in total. The minimum Gasteiger partial charge on any atom is -0.354 e. The summed E-state index contributed by atoms with van der Waals surface area (Å²) in [5.41, 5.74) is -0.443. The van der Waals surface area contributed by atoms with E-state index in [9.17, 15) is 9.59 Å². The number of rotatable bonds is 7. The fourth-order valence-electron chi connectivity index (χ4n) is 2.76. The topological polar surface area (TPSA) is 61.4 Å². The smallest absolute Gasteiger partial charge is 0.243 e. The zero-order valence-corrected chi connectivity index (χ0v) is 13.3. The fourth-order valence-corrected chi connectivity index (χ4v) is 2.76. The Bertz CT molecular complexity index is 336. The molecule has 1 aliphatic heterocycles. The second-order valence-electron chi connectivity index (χ2n) is 6.22. The van der Waals surface area contributed by atoms with E-state index in [1.165, 1.54) is 0 Å². The molecule has 20 heavy (non-hydrogen) atoms. The van der Waals surface area contributed by atoms with Crippen LogP contribution < -0.4 is 10.6 Å². The van der Waals surface area contributed by atoms with Gasteiger partial charge in [-0.15, -0.1) is 0 Å². The summed E-state index contributed by atoms with van der Waals surface area (Å²) in [5.74, 6) is 0.388. The summed E-state index contributed by atoms with van der Waals surface area (Å²) in [6.45, 7) is 7.86. The molecule has 116 valence electrons. The lowest BCUT2D eigenvalue weighted by atomic mass is 9.90. The van der Waals surface area contributed by atoms with Crippen molar-refractivity contribution in [1.29, 1.82) is 0 Å². The molecule has 1 aliphatic rings. The van der Waals surface area contributed by atoms with Crippen LogP contribution in [0, 0.1) is 5.92 Å². The predicted molar refractivity (Wildman–Crippen MR) is 80.4 cm³/mol. The Balaban J connectivity index is 2.54. The molecular formula is C15H29N3O2. The summed E-state index contributed by atoms with van der Waals surface area (Å²) >= 11 is 0. The molecule has 0 bridgehead atoms. The number of carbonyl (C=O) groups excluding carboxylic acids is 2. The highest BCUT2D eigenvalue weighted by molar-refractivity contribution is 5.90. The van der Waals surface area contributed by atoms with Gasteiger partial charge in [-0.3, -0.25) is 9.59 Å². The second-order valence-corrected chi connectivity index (χ2v) is 6.22. The molecule has 1 heterocycles. The van der Waals surface area contributed by atoms with Gasteiger partial charge in [-0.25, -0.2) is 0 Å². The van der Waals surface area contributed by atoms with Crippen molar-refractivity contribution in [1.82, 2.24) is 15.5 Å². The molecule has 1 unspecified atom stereocenters. The van der Waals surface area contributed by atoms with Crippen molar-refractivity contribution < 1.29 is 9.59 Å². The standard InChI is InChI=1S/C15H29N3O2/c1-5-7-15(8-6-9-17-15)14(20)18(4)11-13(19)16-10-12(2)3/h12,17H,5-11H2,1-4H3,(H,16,19). The van der Waals surface area contributed by atoms with Gasteiger partial charge in [0.25, 0.3) is 0 Å². The van der Waals surface area contributed by atoms with Gasteiger partial charge in [0.05, 0.1) is 12.1 Å². The van der Waals surface area contributed by atoms with Gasteiger partial charge in [-0.1, -0.05) is 27.2 Å². The van der Waals surface area contributed by atoms with Gasteiger partial charge in [-0.2, -0.15) is 0 Å². The van der Waals surface area contributed by atoms with Crippen molar-refractivity contribution in [3.63, 3.8) is 0 Å². The van der Waals surface area contributed by atoms with Crippen LogP contribution in [0.15, 0.2) is 0 Å². The summed E-state index contributed by atoms with van der Waals surface area (Å²) < 4.78 is 0. The summed E-state index contributed by atoms with van der Waals surface area (Å²) in [5, 5.41) is 6.20. The number of hydrogen-bond acceptors (Lipinski definition) is 3. The molecule has 2 amide bonds. The monoisotopic (exact) mass is 283 g/mol. The summed E-state index contributed by atoms with van der Waals surface area (Å²) in [6.07, 6.45) is 3.70. The highest BCUT2D eigenvalue weighted by Crippen LogP contribution is 2.26. The Morgan fingerprint density at radius 1 is 1.40 bits per heavy atom. The summed E-state index contributed by atoms with van der Waals surface area (Å²) in [7, 11) is 1.72. The van der Waals surface area contributed by atoms with Gasteiger partial charge in [0.15, 0.2) is 0 Å². The molecule has 0 aromatic heterocycles. The van der Waals surface area contributed by atoms with Crippen molar-refractivity contribution in [3.05, 3.63) is 0 Å². The summed E-state index contributed by atoms with van der Waals surface area (Å²) in [6, 6.07) is 0. The van der Waals surface area contributed by atoms with Crippen molar-refractivity contribution in [3.8, 4) is 0 Å². The molecule has 0 aromatic carbocycles. The van der Waals surface area contributed by atoms with E-state index in [-0.39, 0.29) is 18.4 Å². The van der Waals surface area contributed by atoms with Crippen LogP contribution in [0.3, 0.4) is 0 Å². The van der Waals surface area contributed by atoms with Crippen LogP contribution in [0.1, 0.15) is 46.5 Å². The molecule has 5 heteroatoms. The van der Waals surface area contributed by atoms with Crippen molar-refractivity contribution >= 4 is 11.8 Å². The quantitative estimate of drug-likeness (QED) is 0.736. The SMILES string of the molecule is CCCC1(C(=O)N(C)CC(=O)NCC(C)C)CCCN1. The van der Waals surface area contributed by atoms with Gasteiger partial charge >= 0.3 is 0 Å². The molecule has 1 saturated heterocycles. The normalized spacial score (nSPS) is 22.1. The van der Waals surface area contributed by atoms with Crippen LogP contribution in [0.25, 0.3) is 0 Å². The van der Waals surface area contributed by atoms with E-state index in [0.29, 0.717) is 12.5 Å². The molecule has 0 saturated carbocycles. The third-order valence-corrected chi connectivity index (χ3v) is 3.76. The zero-order chi connectivity index (χ0) is 15.2. The number of likely N-dealkylation sites (N-methyl/N-ethyl adjacent to an activating group) is 1. The first kappa shape index (κ1) is 17.0. The van der Waals surface area contributed by atoms with Crippen molar-refractivity contribution in [2.75, 3.05) is 26.7 Å². The van der Waals surface area contributed by atoms with E-state index in [0.717, 1.165) is 32.2 Å². The molecule has 0 aliphatic carbocycles. The first-order valence-corrected chi connectivity index (χ1v) is 7.68. The first-order valence-electron chi connectivity index (χ1n) is 7.68. The van der Waals surface area contributed by atoms with Crippen LogP contribution in [0.5, 0.6) is 0 Å². The highest BCUT2D eigenvalue weighted by atomic mass is 16.2. The van der Waals surface area contributed by atoms with E-state index in [1.54, 1.807) is 11.9 Å². The maximum absolute atomic E-state index is 12.6. The number of hydrogen-bond donors (Lipinski definition) is 2. The third kappa shape index (κ3) is 4.47. The molecule has 0 radical (unpaired) electrons. The largest absolute Gasteiger partial charge is 0.354 e. The lowest BCUT2D eigenvalue weighted by molar-refractivity contribution is -0.140. The van der Waals surface area contributed by atoms with E-state index < -0.39 is 5.54 Å². The average Bonchev–Trinajstić information content (AvgIpc) is 2.85. The lowest BCUT2D eigenvalue weighted by Crippen LogP contribution is -2.55. The maximum Gasteiger partial charge on any atom is 0.243 e. The van der Waals surface area contributed by atoms with Crippen molar-refractivity contribution in [2.24, 2.45) is 5.92 Å². The van der Waals surface area contributed by atoms with E-state index in [4.69, 9.17) is 0 Å². The van der Waals surface area contributed by atoms with Crippen LogP contribution in [-0.2, 0) is 9.59 Å². The van der Waals surface area contributed by atoms with Gasteiger partial charge in [0.1, 0.15) is 0 Å². The molecule has 2 N–H and O–H groups in total. The van der Waals surface area contributed by atoms with Crippen LogP contribution in [-0.4, -0.2) is 48.9 Å². The van der Waals surface area contributed by atoms with Crippen molar-refractivity contribution in [2.45, 2.75) is 52.0 Å². The second kappa shape index (κ2) is 7.62. The zero-order valence-electron chi connectivity index (χ0n) is 13.3. The summed E-state index contributed by atoms with van der Waals surface area (Å²) in [4.78, 5) is 26.0. The minimum atomic E-state index is -0.443.